The third-order valence-corrected chi connectivity index (χ3v) is 2.65. The van der Waals surface area contributed by atoms with Crippen LogP contribution in [0.2, 0.25) is 0 Å². The van der Waals surface area contributed by atoms with Gasteiger partial charge in [0.25, 0.3) is 0 Å². The highest BCUT2D eigenvalue weighted by molar-refractivity contribution is 5.99. The summed E-state index contributed by atoms with van der Waals surface area (Å²) in [5, 5.41) is 0. The largest absolute Gasteiger partial charge is 0.479 e. The van der Waals surface area contributed by atoms with Crippen molar-refractivity contribution in [2.24, 2.45) is 0 Å². The summed E-state index contributed by atoms with van der Waals surface area (Å²) in [6.45, 7) is 1.50. The van der Waals surface area contributed by atoms with E-state index in [0.29, 0.717) is 5.56 Å². The van der Waals surface area contributed by atoms with Crippen LogP contribution < -0.4 is 4.74 Å². The van der Waals surface area contributed by atoms with Gasteiger partial charge in [-0.1, -0.05) is 36.4 Å². The highest BCUT2D eigenvalue weighted by Gasteiger charge is 2.19. The van der Waals surface area contributed by atoms with Crippen LogP contribution in [0.25, 0.3) is 0 Å². The molecule has 2 aromatic rings. The van der Waals surface area contributed by atoms with E-state index < -0.39 is 17.7 Å². The van der Waals surface area contributed by atoms with Gasteiger partial charge in [-0.3, -0.25) is 4.79 Å². The fourth-order valence-electron chi connectivity index (χ4n) is 1.66. The normalized spacial score (nSPS) is 11.9. The number of rotatable bonds is 4. The highest BCUT2D eigenvalue weighted by atomic mass is 19.2. The predicted molar refractivity (Wildman–Crippen MR) is 67.2 cm³/mol. The quantitative estimate of drug-likeness (QED) is 0.787. The molecule has 2 rings (SSSR count). The molecule has 0 aliphatic heterocycles. The molecule has 98 valence electrons. The molecule has 19 heavy (non-hydrogen) atoms. The molecule has 0 saturated carbocycles. The molecule has 1 unspecified atom stereocenters. The average molecular weight is 262 g/mol. The minimum Gasteiger partial charge on any atom is -0.479 e. The second kappa shape index (κ2) is 5.61. The smallest absolute Gasteiger partial charge is 0.202 e. The van der Waals surface area contributed by atoms with Gasteiger partial charge in [0, 0.05) is 5.56 Å². The van der Waals surface area contributed by atoms with Gasteiger partial charge in [0.2, 0.25) is 11.6 Å². The molecule has 0 N–H and O–H groups in total. The zero-order valence-electron chi connectivity index (χ0n) is 10.3. The van der Waals surface area contributed by atoms with Gasteiger partial charge >= 0.3 is 0 Å². The first kappa shape index (κ1) is 13.2. The minimum atomic E-state index is -1.09. The standard InChI is InChI=1S/C15H12F2O2/c1-10(15(18)11-6-3-2-4-7-11)19-13-9-5-8-12(16)14(13)17/h2-10H,1H3. The van der Waals surface area contributed by atoms with Crippen LogP contribution in [-0.4, -0.2) is 11.9 Å². The first-order valence-electron chi connectivity index (χ1n) is 5.79. The van der Waals surface area contributed by atoms with E-state index in [1.54, 1.807) is 30.3 Å². The second-order valence-corrected chi connectivity index (χ2v) is 4.04. The average Bonchev–Trinajstić information content (AvgIpc) is 2.44. The van der Waals surface area contributed by atoms with Crippen LogP contribution in [0.5, 0.6) is 5.75 Å². The predicted octanol–water partition coefficient (Wildman–Crippen LogP) is 3.62. The Hall–Kier alpha value is -2.23. The number of benzene rings is 2. The molecule has 4 heteroatoms. The van der Waals surface area contributed by atoms with Crippen molar-refractivity contribution in [2.45, 2.75) is 13.0 Å². The summed E-state index contributed by atoms with van der Waals surface area (Å²) in [5.41, 5.74) is 0.465. The van der Waals surface area contributed by atoms with E-state index in [1.807, 2.05) is 0 Å². The molecule has 0 aliphatic rings. The van der Waals surface area contributed by atoms with Crippen LogP contribution in [0.4, 0.5) is 8.78 Å². The summed E-state index contributed by atoms with van der Waals surface area (Å²) in [4.78, 5) is 12.0. The molecular formula is C15H12F2O2. The SMILES string of the molecule is CC(Oc1cccc(F)c1F)C(=O)c1ccccc1. The van der Waals surface area contributed by atoms with Gasteiger partial charge in [-0.15, -0.1) is 0 Å². The van der Waals surface area contributed by atoms with Crippen molar-refractivity contribution < 1.29 is 18.3 Å². The summed E-state index contributed by atoms with van der Waals surface area (Å²) in [7, 11) is 0. The van der Waals surface area contributed by atoms with Crippen LogP contribution in [-0.2, 0) is 0 Å². The van der Waals surface area contributed by atoms with E-state index in [2.05, 4.69) is 0 Å². The zero-order valence-corrected chi connectivity index (χ0v) is 10.3. The van der Waals surface area contributed by atoms with Crippen molar-refractivity contribution in [2.75, 3.05) is 0 Å². The van der Waals surface area contributed by atoms with E-state index in [0.717, 1.165) is 6.07 Å². The van der Waals surface area contributed by atoms with Crippen LogP contribution in [0.1, 0.15) is 17.3 Å². The van der Waals surface area contributed by atoms with Crippen molar-refractivity contribution in [3.63, 3.8) is 0 Å². The molecule has 0 saturated heterocycles. The monoisotopic (exact) mass is 262 g/mol. The number of Topliss-reactive ketones (excluding diaryl/α,β-unsaturated/α-hetero) is 1. The van der Waals surface area contributed by atoms with E-state index in [1.165, 1.54) is 19.1 Å². The Bertz CT molecular complexity index is 582. The van der Waals surface area contributed by atoms with Crippen LogP contribution in [0.15, 0.2) is 48.5 Å². The first-order valence-corrected chi connectivity index (χ1v) is 5.79. The molecule has 2 aromatic carbocycles. The third-order valence-electron chi connectivity index (χ3n) is 2.65. The van der Waals surface area contributed by atoms with Gasteiger partial charge in [-0.05, 0) is 19.1 Å². The molecule has 0 bridgehead atoms. The van der Waals surface area contributed by atoms with Crippen molar-refractivity contribution >= 4 is 5.78 Å². The number of carbonyl (C=O) groups excluding carboxylic acids is 1. The number of halogens is 2. The molecule has 0 spiro atoms. The molecule has 2 nitrogen and oxygen atoms in total. The van der Waals surface area contributed by atoms with Gasteiger partial charge < -0.3 is 4.74 Å². The Balaban J connectivity index is 2.15. The number of hydrogen-bond donors (Lipinski definition) is 0. The van der Waals surface area contributed by atoms with Crippen molar-refractivity contribution in [3.8, 4) is 5.75 Å². The van der Waals surface area contributed by atoms with Crippen LogP contribution >= 0.6 is 0 Å². The second-order valence-electron chi connectivity index (χ2n) is 4.04. The van der Waals surface area contributed by atoms with E-state index in [4.69, 9.17) is 4.74 Å². The maximum atomic E-state index is 13.4. The minimum absolute atomic E-state index is 0.267. The Kier molecular flexibility index (Phi) is 3.90. The molecule has 0 radical (unpaired) electrons. The van der Waals surface area contributed by atoms with Gasteiger partial charge in [0.05, 0.1) is 0 Å². The molecule has 0 aliphatic carbocycles. The first-order chi connectivity index (χ1) is 9.09. The lowest BCUT2D eigenvalue weighted by molar-refractivity contribution is 0.0811. The molecule has 0 amide bonds. The van der Waals surface area contributed by atoms with E-state index >= 15 is 0 Å². The summed E-state index contributed by atoms with van der Waals surface area (Å²) in [6.07, 6.45) is -0.890. The summed E-state index contributed by atoms with van der Waals surface area (Å²) >= 11 is 0. The van der Waals surface area contributed by atoms with Gasteiger partial charge in [-0.25, -0.2) is 4.39 Å². The Morgan fingerprint density at radius 1 is 1.05 bits per heavy atom. The molecule has 0 fully saturated rings. The Morgan fingerprint density at radius 2 is 1.74 bits per heavy atom. The summed E-state index contributed by atoms with van der Waals surface area (Å²) in [5.74, 6) is -2.65. The number of hydrogen-bond acceptors (Lipinski definition) is 2. The molecule has 1 atom stereocenters. The van der Waals surface area contributed by atoms with Crippen molar-refractivity contribution in [1.29, 1.82) is 0 Å². The molecule has 0 heterocycles. The zero-order chi connectivity index (χ0) is 13.8. The summed E-state index contributed by atoms with van der Waals surface area (Å²) < 4.78 is 31.6. The van der Waals surface area contributed by atoms with Gasteiger partial charge in [0.15, 0.2) is 17.7 Å². The number of ketones is 1. The van der Waals surface area contributed by atoms with Gasteiger partial charge in [0.1, 0.15) is 0 Å². The van der Waals surface area contributed by atoms with Crippen LogP contribution in [0.3, 0.4) is 0 Å². The maximum Gasteiger partial charge on any atom is 0.202 e. The van der Waals surface area contributed by atoms with Gasteiger partial charge in [-0.2, -0.15) is 4.39 Å². The highest BCUT2D eigenvalue weighted by Crippen LogP contribution is 2.21. The third kappa shape index (κ3) is 2.96. The van der Waals surface area contributed by atoms with E-state index in [-0.39, 0.29) is 11.5 Å². The fraction of sp³-hybridized carbons (Fsp3) is 0.133. The lowest BCUT2D eigenvalue weighted by atomic mass is 10.1. The molecular weight excluding hydrogens is 250 g/mol. The lowest BCUT2D eigenvalue weighted by Crippen LogP contribution is -2.24. The van der Waals surface area contributed by atoms with E-state index in [9.17, 15) is 13.6 Å². The summed E-state index contributed by atoms with van der Waals surface area (Å²) in [6, 6.07) is 12.1. The Morgan fingerprint density at radius 3 is 2.42 bits per heavy atom. The topological polar surface area (TPSA) is 26.3 Å². The lowest BCUT2D eigenvalue weighted by Gasteiger charge is -2.14. The molecule has 0 aromatic heterocycles. The number of ether oxygens (including phenoxy) is 1. The van der Waals surface area contributed by atoms with Crippen molar-refractivity contribution in [3.05, 3.63) is 65.7 Å². The fourth-order valence-corrected chi connectivity index (χ4v) is 1.66. The number of carbonyl (C=O) groups is 1. The maximum absolute atomic E-state index is 13.4. The Labute approximate surface area is 109 Å². The van der Waals surface area contributed by atoms with Crippen LogP contribution in [0, 0.1) is 11.6 Å². The van der Waals surface area contributed by atoms with Crippen molar-refractivity contribution in [1.82, 2.24) is 0 Å².